The minimum atomic E-state index is -3.56. The second kappa shape index (κ2) is 5.34. The van der Waals surface area contributed by atoms with E-state index in [1.54, 1.807) is 0 Å². The molecular formula is C6H13O6P. The Morgan fingerprint density at radius 1 is 1.15 bits per heavy atom. The predicted molar refractivity (Wildman–Crippen MR) is 44.4 cm³/mol. The third kappa shape index (κ3) is 2.77. The van der Waals surface area contributed by atoms with Gasteiger partial charge in [-0.2, -0.15) is 0 Å². The maximum atomic E-state index is 11.6. The fraction of sp³-hybridized carbons (Fsp3) is 0.833. The summed E-state index contributed by atoms with van der Waals surface area (Å²) >= 11 is 0. The van der Waals surface area contributed by atoms with E-state index in [1.165, 1.54) is 21.3 Å². The highest BCUT2D eigenvalue weighted by atomic mass is 31.2. The van der Waals surface area contributed by atoms with Crippen molar-refractivity contribution in [3.63, 3.8) is 0 Å². The lowest BCUT2D eigenvalue weighted by Crippen LogP contribution is -2.25. The van der Waals surface area contributed by atoms with E-state index in [0.717, 1.165) is 7.11 Å². The summed E-state index contributed by atoms with van der Waals surface area (Å²) in [6.07, 6.45) is 0. The van der Waals surface area contributed by atoms with E-state index in [2.05, 4.69) is 18.5 Å². The van der Waals surface area contributed by atoms with Crippen LogP contribution in [-0.2, 0) is 27.9 Å². The summed E-state index contributed by atoms with van der Waals surface area (Å²) in [5.41, 5.74) is 0. The molecule has 0 saturated carbocycles. The molecular weight excluding hydrogens is 199 g/mol. The minimum absolute atomic E-state index is 0.797. The van der Waals surface area contributed by atoms with Crippen LogP contribution in [0.4, 0.5) is 0 Å². The largest absolute Gasteiger partial charge is 0.467 e. The summed E-state index contributed by atoms with van der Waals surface area (Å²) < 4.78 is 29.8. The van der Waals surface area contributed by atoms with E-state index in [4.69, 9.17) is 0 Å². The lowest BCUT2D eigenvalue weighted by molar-refractivity contribution is -0.148. The monoisotopic (exact) mass is 212 g/mol. The van der Waals surface area contributed by atoms with Crippen molar-refractivity contribution >= 4 is 13.6 Å². The summed E-state index contributed by atoms with van der Waals surface area (Å²) in [7, 11) is 1.14. The van der Waals surface area contributed by atoms with Crippen molar-refractivity contribution in [3.8, 4) is 0 Å². The van der Waals surface area contributed by atoms with Crippen LogP contribution in [-0.4, -0.2) is 40.3 Å². The molecule has 0 aromatic rings. The Kier molecular flexibility index (Phi) is 5.17. The zero-order chi connectivity index (χ0) is 10.5. The van der Waals surface area contributed by atoms with Crippen LogP contribution in [0.5, 0.6) is 0 Å². The molecule has 0 aromatic heterocycles. The molecule has 0 radical (unpaired) electrons. The molecule has 0 fully saturated rings. The summed E-state index contributed by atoms with van der Waals surface area (Å²) in [5, 5.41) is 0. The first-order valence-corrected chi connectivity index (χ1v) is 4.98. The van der Waals surface area contributed by atoms with Crippen LogP contribution >= 0.6 is 7.60 Å². The van der Waals surface area contributed by atoms with E-state index in [1.807, 2.05) is 0 Å². The van der Waals surface area contributed by atoms with Gasteiger partial charge >= 0.3 is 13.6 Å². The highest BCUT2D eigenvalue weighted by molar-refractivity contribution is 7.55. The van der Waals surface area contributed by atoms with Crippen molar-refractivity contribution in [1.29, 1.82) is 0 Å². The molecule has 7 heteroatoms. The highest BCUT2D eigenvalue weighted by Gasteiger charge is 2.41. The van der Waals surface area contributed by atoms with Gasteiger partial charge in [0.1, 0.15) is 0 Å². The summed E-state index contributed by atoms with van der Waals surface area (Å²) in [4.78, 5) is 11.0. The highest BCUT2D eigenvalue weighted by Crippen LogP contribution is 2.52. The molecule has 0 rings (SSSR count). The summed E-state index contributed by atoms with van der Waals surface area (Å²) in [5.74, 6) is -2.14. The second-order valence-electron chi connectivity index (χ2n) is 2.02. The first kappa shape index (κ1) is 12.6. The Labute approximate surface area is 76.6 Å². The van der Waals surface area contributed by atoms with Crippen LogP contribution < -0.4 is 0 Å². The van der Waals surface area contributed by atoms with Gasteiger partial charge < -0.3 is 18.5 Å². The van der Waals surface area contributed by atoms with Crippen molar-refractivity contribution in [2.24, 2.45) is 0 Å². The van der Waals surface area contributed by atoms with Crippen molar-refractivity contribution in [3.05, 3.63) is 0 Å². The molecule has 78 valence electrons. The molecule has 0 aliphatic rings. The predicted octanol–water partition coefficient (Wildman–Crippen LogP) is 0.618. The third-order valence-electron chi connectivity index (χ3n) is 1.42. The van der Waals surface area contributed by atoms with Crippen molar-refractivity contribution < 1.29 is 27.9 Å². The molecule has 0 spiro atoms. The van der Waals surface area contributed by atoms with Gasteiger partial charge in [-0.3, -0.25) is 4.57 Å². The average Bonchev–Trinajstić information content (AvgIpc) is 2.18. The number of hydrogen-bond acceptors (Lipinski definition) is 6. The first-order chi connectivity index (χ1) is 6.05. The van der Waals surface area contributed by atoms with Crippen molar-refractivity contribution in [2.75, 3.05) is 28.4 Å². The van der Waals surface area contributed by atoms with Gasteiger partial charge in [0, 0.05) is 21.3 Å². The van der Waals surface area contributed by atoms with Gasteiger partial charge in [0.15, 0.2) is 0 Å². The van der Waals surface area contributed by atoms with Crippen molar-refractivity contribution in [2.45, 2.75) is 5.85 Å². The number of esters is 1. The number of hydrogen-bond donors (Lipinski definition) is 0. The van der Waals surface area contributed by atoms with Crippen LogP contribution in [0.1, 0.15) is 0 Å². The molecule has 0 bridgehead atoms. The lowest BCUT2D eigenvalue weighted by Gasteiger charge is -2.20. The maximum Gasteiger partial charge on any atom is 0.370 e. The quantitative estimate of drug-likeness (QED) is 0.491. The summed E-state index contributed by atoms with van der Waals surface area (Å²) in [6, 6.07) is 0. The molecule has 1 atom stereocenters. The average molecular weight is 212 g/mol. The van der Waals surface area contributed by atoms with Gasteiger partial charge in [0.05, 0.1) is 7.11 Å². The molecule has 13 heavy (non-hydrogen) atoms. The Morgan fingerprint density at radius 3 is 1.85 bits per heavy atom. The van der Waals surface area contributed by atoms with Gasteiger partial charge in [0.2, 0.25) is 0 Å². The van der Waals surface area contributed by atoms with Crippen LogP contribution in [0, 0.1) is 0 Å². The Morgan fingerprint density at radius 2 is 1.62 bits per heavy atom. The maximum absolute atomic E-state index is 11.6. The van der Waals surface area contributed by atoms with Crippen LogP contribution in [0.15, 0.2) is 0 Å². The third-order valence-corrected chi connectivity index (χ3v) is 3.44. The summed E-state index contributed by atoms with van der Waals surface area (Å²) in [6.45, 7) is 0. The number of methoxy groups -OCH3 is 2. The molecule has 6 nitrogen and oxygen atoms in total. The van der Waals surface area contributed by atoms with Gasteiger partial charge in [-0.25, -0.2) is 4.79 Å². The zero-order valence-corrected chi connectivity index (χ0v) is 8.87. The van der Waals surface area contributed by atoms with E-state index in [9.17, 15) is 9.36 Å². The topological polar surface area (TPSA) is 71.1 Å². The number of carbonyl (C=O) groups excluding carboxylic acids is 1. The Bertz CT molecular complexity index is 207. The molecule has 0 amide bonds. The zero-order valence-electron chi connectivity index (χ0n) is 7.97. The van der Waals surface area contributed by atoms with E-state index < -0.39 is 19.4 Å². The van der Waals surface area contributed by atoms with Crippen molar-refractivity contribution in [1.82, 2.24) is 0 Å². The fourth-order valence-electron chi connectivity index (χ4n) is 0.721. The minimum Gasteiger partial charge on any atom is -0.467 e. The van der Waals surface area contributed by atoms with Crippen LogP contribution in [0.3, 0.4) is 0 Å². The SMILES string of the molecule is COC(=O)[C@@H](OC)P(=O)(OC)OC. The van der Waals surface area contributed by atoms with E-state index in [0.29, 0.717) is 0 Å². The van der Waals surface area contributed by atoms with E-state index >= 15 is 0 Å². The molecule has 0 saturated heterocycles. The molecule has 0 aliphatic heterocycles. The standard InChI is InChI=1S/C6H13O6P/c1-9-5(7)6(10-2)13(8,11-3)12-4/h6H,1-4H3/t6-/m0/s1. The molecule has 0 unspecified atom stereocenters. The molecule has 0 aliphatic carbocycles. The van der Waals surface area contributed by atoms with Crippen LogP contribution in [0.2, 0.25) is 0 Å². The Hall–Kier alpha value is -0.420. The first-order valence-electron chi connectivity index (χ1n) is 3.37. The number of carbonyl (C=O) groups is 1. The van der Waals surface area contributed by atoms with Gasteiger partial charge in [-0.15, -0.1) is 0 Å². The molecule has 0 N–H and O–H groups in total. The fourth-order valence-corrected chi connectivity index (χ4v) is 1.88. The molecule has 0 heterocycles. The van der Waals surface area contributed by atoms with Gasteiger partial charge in [-0.05, 0) is 0 Å². The van der Waals surface area contributed by atoms with Gasteiger partial charge in [0.25, 0.3) is 5.85 Å². The second-order valence-corrected chi connectivity index (χ2v) is 4.30. The van der Waals surface area contributed by atoms with E-state index in [-0.39, 0.29) is 0 Å². The lowest BCUT2D eigenvalue weighted by atomic mass is 10.7. The Balaban J connectivity index is 4.73. The van der Waals surface area contributed by atoms with Gasteiger partial charge in [-0.1, -0.05) is 0 Å². The number of ether oxygens (including phenoxy) is 2. The smallest absolute Gasteiger partial charge is 0.370 e. The number of rotatable bonds is 5. The normalized spacial score (nSPS) is 13.8. The molecule has 0 aromatic carbocycles. The van der Waals surface area contributed by atoms with Crippen LogP contribution in [0.25, 0.3) is 0 Å².